The van der Waals surface area contributed by atoms with Gasteiger partial charge >= 0.3 is 0 Å². The van der Waals surface area contributed by atoms with E-state index in [0.717, 1.165) is 6.54 Å². The lowest BCUT2D eigenvalue weighted by molar-refractivity contribution is -0.194. The summed E-state index contributed by atoms with van der Waals surface area (Å²) in [5.41, 5.74) is 0. The maximum atomic E-state index is 8.66. The smallest absolute Gasteiger partial charge is 0.0916 e. The minimum Gasteiger partial charge on any atom is -0.394 e. The van der Waals surface area contributed by atoms with E-state index in [1.807, 2.05) is 5.06 Å². The third kappa shape index (κ3) is 3.63. The number of aliphatic hydroxyl groups excluding tert-OH is 1. The van der Waals surface area contributed by atoms with Crippen LogP contribution in [-0.2, 0) is 4.84 Å². The Bertz CT molecular complexity index is 124. The van der Waals surface area contributed by atoms with Crippen molar-refractivity contribution in [3.05, 3.63) is 0 Å². The lowest BCUT2D eigenvalue weighted by Crippen LogP contribution is -2.37. The van der Waals surface area contributed by atoms with E-state index in [9.17, 15) is 0 Å². The van der Waals surface area contributed by atoms with Crippen LogP contribution in [0.5, 0.6) is 0 Å². The molecule has 0 amide bonds. The van der Waals surface area contributed by atoms with Crippen LogP contribution >= 0.6 is 0 Å². The van der Waals surface area contributed by atoms with Gasteiger partial charge in [0.05, 0.1) is 13.2 Å². The molecule has 0 aliphatic heterocycles. The van der Waals surface area contributed by atoms with E-state index in [2.05, 4.69) is 6.92 Å². The highest BCUT2D eigenvalue weighted by molar-refractivity contribution is 4.70. The Morgan fingerprint density at radius 1 is 1.31 bits per heavy atom. The molecule has 78 valence electrons. The van der Waals surface area contributed by atoms with Crippen LogP contribution in [-0.4, -0.2) is 36.0 Å². The molecule has 1 N–H and O–H groups in total. The molecule has 0 aromatic heterocycles. The van der Waals surface area contributed by atoms with E-state index in [1.54, 1.807) is 0 Å². The molecule has 3 heteroatoms. The topological polar surface area (TPSA) is 32.7 Å². The van der Waals surface area contributed by atoms with Crippen molar-refractivity contribution in [3.63, 3.8) is 0 Å². The van der Waals surface area contributed by atoms with Gasteiger partial charge in [-0.05, 0) is 12.8 Å². The molecule has 3 nitrogen and oxygen atoms in total. The molecule has 0 bridgehead atoms. The zero-order valence-electron chi connectivity index (χ0n) is 8.54. The zero-order chi connectivity index (χ0) is 9.52. The van der Waals surface area contributed by atoms with Crippen molar-refractivity contribution in [3.8, 4) is 0 Å². The first-order chi connectivity index (χ1) is 6.38. The first-order valence-electron chi connectivity index (χ1n) is 5.39. The molecule has 0 radical (unpaired) electrons. The van der Waals surface area contributed by atoms with Crippen molar-refractivity contribution < 1.29 is 9.94 Å². The van der Waals surface area contributed by atoms with Crippen molar-refractivity contribution in [2.24, 2.45) is 0 Å². The summed E-state index contributed by atoms with van der Waals surface area (Å²) in [6, 6.07) is 0.588. The summed E-state index contributed by atoms with van der Waals surface area (Å²) in [5, 5.41) is 10.7. The summed E-state index contributed by atoms with van der Waals surface area (Å²) in [4.78, 5) is 5.46. The summed E-state index contributed by atoms with van der Waals surface area (Å²) in [5.74, 6) is 0. The minimum atomic E-state index is 0.114. The van der Waals surface area contributed by atoms with Gasteiger partial charge in [0.25, 0.3) is 0 Å². The Morgan fingerprint density at radius 2 is 2.00 bits per heavy atom. The van der Waals surface area contributed by atoms with Gasteiger partial charge in [-0.25, -0.2) is 0 Å². The molecule has 1 aliphatic carbocycles. The number of hydrogen-bond donors (Lipinski definition) is 1. The number of nitrogens with zero attached hydrogens (tertiary/aromatic N) is 1. The molecule has 0 unspecified atom stereocenters. The highest BCUT2D eigenvalue weighted by Crippen LogP contribution is 2.22. The van der Waals surface area contributed by atoms with Crippen molar-refractivity contribution in [2.75, 3.05) is 19.8 Å². The molecular formula is C10H21NO2. The third-order valence-electron chi connectivity index (χ3n) is 2.64. The van der Waals surface area contributed by atoms with E-state index in [4.69, 9.17) is 9.94 Å². The summed E-state index contributed by atoms with van der Waals surface area (Å²) in [6.07, 6.45) is 6.51. The predicted molar refractivity (Wildman–Crippen MR) is 52.3 cm³/mol. The SMILES string of the molecule is CCN(OCCO)C1CCCCC1. The quantitative estimate of drug-likeness (QED) is 0.663. The number of rotatable bonds is 5. The Hall–Kier alpha value is -0.120. The molecule has 0 aromatic carbocycles. The van der Waals surface area contributed by atoms with Gasteiger partial charge in [-0.3, -0.25) is 4.84 Å². The third-order valence-corrected chi connectivity index (χ3v) is 2.64. The molecule has 1 saturated carbocycles. The van der Waals surface area contributed by atoms with Crippen LogP contribution in [0.3, 0.4) is 0 Å². The fraction of sp³-hybridized carbons (Fsp3) is 1.00. The number of hydrogen-bond acceptors (Lipinski definition) is 3. The highest BCUT2D eigenvalue weighted by atomic mass is 16.7. The van der Waals surface area contributed by atoms with Gasteiger partial charge in [-0.2, -0.15) is 5.06 Å². The second-order valence-corrected chi connectivity index (χ2v) is 3.58. The molecule has 0 aromatic rings. The summed E-state index contributed by atoms with van der Waals surface area (Å²) >= 11 is 0. The van der Waals surface area contributed by atoms with Gasteiger partial charge in [-0.15, -0.1) is 0 Å². The lowest BCUT2D eigenvalue weighted by Gasteiger charge is -2.32. The Labute approximate surface area is 80.6 Å². The van der Waals surface area contributed by atoms with Crippen LogP contribution in [0.25, 0.3) is 0 Å². The molecule has 1 aliphatic rings. The van der Waals surface area contributed by atoms with Crippen molar-refractivity contribution in [2.45, 2.75) is 45.1 Å². The van der Waals surface area contributed by atoms with E-state index < -0.39 is 0 Å². The first kappa shape index (κ1) is 11.0. The average Bonchev–Trinajstić information content (AvgIpc) is 2.21. The van der Waals surface area contributed by atoms with Gasteiger partial charge < -0.3 is 5.11 Å². The molecule has 1 fully saturated rings. The summed E-state index contributed by atoms with van der Waals surface area (Å²) in [7, 11) is 0. The monoisotopic (exact) mass is 187 g/mol. The molecule has 0 spiro atoms. The van der Waals surface area contributed by atoms with Gasteiger partial charge in [0.15, 0.2) is 0 Å². The Kier molecular flexibility index (Phi) is 5.35. The lowest BCUT2D eigenvalue weighted by atomic mass is 9.95. The van der Waals surface area contributed by atoms with Crippen LogP contribution < -0.4 is 0 Å². The van der Waals surface area contributed by atoms with Gasteiger partial charge in [-0.1, -0.05) is 26.2 Å². The Morgan fingerprint density at radius 3 is 2.54 bits per heavy atom. The second-order valence-electron chi connectivity index (χ2n) is 3.58. The highest BCUT2D eigenvalue weighted by Gasteiger charge is 2.20. The van der Waals surface area contributed by atoms with Gasteiger partial charge in [0.1, 0.15) is 0 Å². The van der Waals surface area contributed by atoms with Crippen molar-refractivity contribution in [1.82, 2.24) is 5.06 Å². The van der Waals surface area contributed by atoms with Crippen LogP contribution in [0, 0.1) is 0 Å². The maximum absolute atomic E-state index is 8.66. The normalized spacial score (nSPS) is 19.6. The largest absolute Gasteiger partial charge is 0.394 e. The van der Waals surface area contributed by atoms with Crippen LogP contribution in [0.4, 0.5) is 0 Å². The summed E-state index contributed by atoms with van der Waals surface area (Å²) < 4.78 is 0. The van der Waals surface area contributed by atoms with Gasteiger partial charge in [0, 0.05) is 12.6 Å². The summed E-state index contributed by atoms with van der Waals surface area (Å²) in [6.45, 7) is 3.57. The average molecular weight is 187 g/mol. The van der Waals surface area contributed by atoms with Crippen LogP contribution in [0.2, 0.25) is 0 Å². The van der Waals surface area contributed by atoms with E-state index in [0.29, 0.717) is 12.6 Å². The zero-order valence-corrected chi connectivity index (χ0v) is 8.54. The van der Waals surface area contributed by atoms with Gasteiger partial charge in [0.2, 0.25) is 0 Å². The van der Waals surface area contributed by atoms with Crippen LogP contribution in [0.1, 0.15) is 39.0 Å². The van der Waals surface area contributed by atoms with Crippen molar-refractivity contribution in [1.29, 1.82) is 0 Å². The Balaban J connectivity index is 2.26. The second kappa shape index (κ2) is 6.35. The molecular weight excluding hydrogens is 166 g/mol. The van der Waals surface area contributed by atoms with Crippen LogP contribution in [0.15, 0.2) is 0 Å². The standard InChI is InChI=1S/C10H21NO2/c1-2-11(13-9-8-12)10-6-4-3-5-7-10/h10,12H,2-9H2,1H3. The van der Waals surface area contributed by atoms with E-state index in [-0.39, 0.29) is 6.61 Å². The molecule has 1 rings (SSSR count). The van der Waals surface area contributed by atoms with E-state index >= 15 is 0 Å². The molecule has 13 heavy (non-hydrogen) atoms. The minimum absolute atomic E-state index is 0.114. The number of hydroxylamine groups is 2. The number of aliphatic hydroxyl groups is 1. The molecule has 0 atom stereocenters. The van der Waals surface area contributed by atoms with E-state index in [1.165, 1.54) is 32.1 Å². The van der Waals surface area contributed by atoms with Crippen molar-refractivity contribution >= 4 is 0 Å². The fourth-order valence-electron chi connectivity index (χ4n) is 1.98. The first-order valence-corrected chi connectivity index (χ1v) is 5.39. The predicted octanol–water partition coefficient (Wildman–Crippen LogP) is 1.56. The maximum Gasteiger partial charge on any atom is 0.0916 e. The molecule has 0 heterocycles. The fourth-order valence-corrected chi connectivity index (χ4v) is 1.98. The molecule has 0 saturated heterocycles.